The van der Waals surface area contributed by atoms with Crippen LogP contribution >= 0.6 is 0 Å². The highest BCUT2D eigenvalue weighted by molar-refractivity contribution is 5.67. The molecule has 3 N–H and O–H groups in total. The molecular formula is C14H22N2O2. The zero-order valence-corrected chi connectivity index (χ0v) is 11.1. The molecule has 0 saturated carbocycles. The topological polar surface area (TPSA) is 64.3 Å². The molecule has 0 aromatic heterocycles. The van der Waals surface area contributed by atoms with E-state index in [-0.39, 0.29) is 6.04 Å². The van der Waals surface area contributed by atoms with Crippen LogP contribution in [0.4, 0.5) is 4.79 Å². The molecule has 0 aliphatic rings. The number of amides is 1. The molecule has 0 saturated heterocycles. The predicted octanol–water partition coefficient (Wildman–Crippen LogP) is 1.94. The Balaban J connectivity index is 2.40. The number of carbonyl (C=O) groups excluding carboxylic acids is 1. The van der Waals surface area contributed by atoms with E-state index in [9.17, 15) is 4.79 Å². The summed E-state index contributed by atoms with van der Waals surface area (Å²) < 4.78 is 5.07. The highest BCUT2D eigenvalue weighted by atomic mass is 16.5. The van der Waals surface area contributed by atoms with Gasteiger partial charge in [0.2, 0.25) is 0 Å². The zero-order valence-electron chi connectivity index (χ0n) is 11.1. The van der Waals surface area contributed by atoms with E-state index < -0.39 is 6.09 Å². The first-order chi connectivity index (χ1) is 8.61. The second-order valence-electron chi connectivity index (χ2n) is 4.76. The van der Waals surface area contributed by atoms with Gasteiger partial charge < -0.3 is 15.8 Å². The molecule has 0 heterocycles. The Bertz CT molecular complexity index is 352. The third-order valence-corrected chi connectivity index (χ3v) is 2.48. The monoisotopic (exact) mass is 250 g/mol. The van der Waals surface area contributed by atoms with Crippen molar-refractivity contribution in [2.75, 3.05) is 13.2 Å². The van der Waals surface area contributed by atoms with E-state index in [4.69, 9.17) is 10.5 Å². The zero-order chi connectivity index (χ0) is 13.4. The molecule has 0 fully saturated rings. The van der Waals surface area contributed by atoms with E-state index in [1.807, 2.05) is 44.2 Å². The molecule has 0 aliphatic heterocycles. The molecule has 1 unspecified atom stereocenters. The largest absolute Gasteiger partial charge is 0.449 e. The molecule has 1 amide bonds. The van der Waals surface area contributed by atoms with Crippen LogP contribution in [0.3, 0.4) is 0 Å². The summed E-state index contributed by atoms with van der Waals surface area (Å²) in [5, 5.41) is 2.78. The smallest absolute Gasteiger partial charge is 0.407 e. The number of ether oxygens (including phenoxy) is 1. The SMILES string of the molecule is CC(C)COC(=O)NC(CN)Cc1ccccc1. The van der Waals surface area contributed by atoms with Crippen LogP contribution in [0.25, 0.3) is 0 Å². The van der Waals surface area contributed by atoms with E-state index >= 15 is 0 Å². The summed E-state index contributed by atoms with van der Waals surface area (Å²) in [6.07, 6.45) is 0.323. The van der Waals surface area contributed by atoms with Crippen molar-refractivity contribution in [3.05, 3.63) is 35.9 Å². The Morgan fingerprint density at radius 2 is 2.00 bits per heavy atom. The van der Waals surface area contributed by atoms with Gasteiger partial charge in [-0.3, -0.25) is 0 Å². The Kier molecular flexibility index (Phi) is 6.22. The highest BCUT2D eigenvalue weighted by Crippen LogP contribution is 2.03. The van der Waals surface area contributed by atoms with Crippen LogP contribution in [0.15, 0.2) is 30.3 Å². The average Bonchev–Trinajstić information content (AvgIpc) is 2.37. The van der Waals surface area contributed by atoms with Crippen molar-refractivity contribution < 1.29 is 9.53 Å². The van der Waals surface area contributed by atoms with Crippen LogP contribution in [0.2, 0.25) is 0 Å². The van der Waals surface area contributed by atoms with Crippen LogP contribution in [0.5, 0.6) is 0 Å². The van der Waals surface area contributed by atoms with E-state index in [1.165, 1.54) is 0 Å². The van der Waals surface area contributed by atoms with E-state index in [0.717, 1.165) is 5.56 Å². The van der Waals surface area contributed by atoms with Gasteiger partial charge in [-0.2, -0.15) is 0 Å². The molecular weight excluding hydrogens is 228 g/mol. The van der Waals surface area contributed by atoms with Gasteiger partial charge in [-0.15, -0.1) is 0 Å². The van der Waals surface area contributed by atoms with Crippen molar-refractivity contribution in [1.29, 1.82) is 0 Å². The van der Waals surface area contributed by atoms with Gasteiger partial charge in [-0.1, -0.05) is 44.2 Å². The molecule has 0 aliphatic carbocycles. The van der Waals surface area contributed by atoms with E-state index in [1.54, 1.807) is 0 Å². The fraction of sp³-hybridized carbons (Fsp3) is 0.500. The molecule has 1 atom stereocenters. The first-order valence-electron chi connectivity index (χ1n) is 6.29. The van der Waals surface area contributed by atoms with Crippen LogP contribution in [-0.2, 0) is 11.2 Å². The highest BCUT2D eigenvalue weighted by Gasteiger charge is 2.12. The predicted molar refractivity (Wildman–Crippen MR) is 72.3 cm³/mol. The molecule has 4 nitrogen and oxygen atoms in total. The Hall–Kier alpha value is -1.55. The summed E-state index contributed by atoms with van der Waals surface area (Å²) >= 11 is 0. The maximum absolute atomic E-state index is 11.5. The van der Waals surface area contributed by atoms with E-state index in [0.29, 0.717) is 25.5 Å². The van der Waals surface area contributed by atoms with Crippen molar-refractivity contribution in [2.45, 2.75) is 26.3 Å². The lowest BCUT2D eigenvalue weighted by Crippen LogP contribution is -2.42. The minimum absolute atomic E-state index is 0.0907. The lowest BCUT2D eigenvalue weighted by atomic mass is 10.1. The molecule has 1 aromatic carbocycles. The molecule has 18 heavy (non-hydrogen) atoms. The average molecular weight is 250 g/mol. The maximum Gasteiger partial charge on any atom is 0.407 e. The summed E-state index contributed by atoms with van der Waals surface area (Å²) in [6, 6.07) is 9.85. The van der Waals surface area contributed by atoms with Gasteiger partial charge in [0, 0.05) is 12.6 Å². The summed E-state index contributed by atoms with van der Waals surface area (Å²) in [5.41, 5.74) is 6.80. The Labute approximate surface area is 109 Å². The molecule has 100 valence electrons. The fourth-order valence-electron chi connectivity index (χ4n) is 1.54. The molecule has 0 spiro atoms. The maximum atomic E-state index is 11.5. The van der Waals surface area contributed by atoms with Gasteiger partial charge in [0.05, 0.1) is 6.61 Å². The quantitative estimate of drug-likeness (QED) is 0.811. The standard InChI is InChI=1S/C14H22N2O2/c1-11(2)10-18-14(17)16-13(9-15)8-12-6-4-3-5-7-12/h3-7,11,13H,8-10,15H2,1-2H3,(H,16,17). The van der Waals surface area contributed by atoms with Crippen molar-refractivity contribution >= 4 is 6.09 Å². The van der Waals surface area contributed by atoms with Crippen LogP contribution in [-0.4, -0.2) is 25.3 Å². The number of benzene rings is 1. The minimum atomic E-state index is -0.393. The number of alkyl carbamates (subject to hydrolysis) is 1. The summed E-state index contributed by atoms with van der Waals surface area (Å²) in [5.74, 6) is 0.334. The van der Waals surface area contributed by atoms with Gasteiger partial charge in [0.1, 0.15) is 0 Å². The number of rotatable bonds is 6. The first-order valence-corrected chi connectivity index (χ1v) is 6.29. The number of nitrogens with two attached hydrogens (primary N) is 1. The van der Waals surface area contributed by atoms with Crippen LogP contribution in [0.1, 0.15) is 19.4 Å². The lowest BCUT2D eigenvalue weighted by Gasteiger charge is -2.17. The van der Waals surface area contributed by atoms with E-state index in [2.05, 4.69) is 5.32 Å². The molecule has 0 radical (unpaired) electrons. The molecule has 1 rings (SSSR count). The van der Waals surface area contributed by atoms with Gasteiger partial charge in [0.25, 0.3) is 0 Å². The van der Waals surface area contributed by atoms with Gasteiger partial charge >= 0.3 is 6.09 Å². The summed E-state index contributed by atoms with van der Waals surface area (Å²) in [4.78, 5) is 11.5. The normalized spacial score (nSPS) is 12.2. The first kappa shape index (κ1) is 14.5. The minimum Gasteiger partial charge on any atom is -0.449 e. The van der Waals surface area contributed by atoms with Crippen molar-refractivity contribution in [3.63, 3.8) is 0 Å². The van der Waals surface area contributed by atoms with Gasteiger partial charge in [-0.05, 0) is 17.9 Å². The van der Waals surface area contributed by atoms with Crippen molar-refractivity contribution in [3.8, 4) is 0 Å². The van der Waals surface area contributed by atoms with Crippen LogP contribution in [0, 0.1) is 5.92 Å². The number of carbonyl (C=O) groups is 1. The lowest BCUT2D eigenvalue weighted by molar-refractivity contribution is 0.129. The number of hydrogen-bond acceptors (Lipinski definition) is 3. The molecule has 4 heteroatoms. The second-order valence-corrected chi connectivity index (χ2v) is 4.76. The summed E-state index contributed by atoms with van der Waals surface area (Å²) in [7, 11) is 0. The molecule has 0 bridgehead atoms. The number of hydrogen-bond donors (Lipinski definition) is 2. The van der Waals surface area contributed by atoms with Gasteiger partial charge in [-0.25, -0.2) is 4.79 Å². The Morgan fingerprint density at radius 3 is 2.56 bits per heavy atom. The third kappa shape index (κ3) is 5.68. The summed E-state index contributed by atoms with van der Waals surface area (Å²) in [6.45, 7) is 4.81. The Morgan fingerprint density at radius 1 is 1.33 bits per heavy atom. The van der Waals surface area contributed by atoms with Crippen molar-refractivity contribution in [2.24, 2.45) is 11.7 Å². The van der Waals surface area contributed by atoms with Crippen molar-refractivity contribution in [1.82, 2.24) is 5.32 Å². The van der Waals surface area contributed by atoms with Crippen LogP contribution < -0.4 is 11.1 Å². The second kappa shape index (κ2) is 7.71. The number of nitrogens with one attached hydrogen (secondary N) is 1. The molecule has 1 aromatic rings. The van der Waals surface area contributed by atoms with Gasteiger partial charge in [0.15, 0.2) is 0 Å². The third-order valence-electron chi connectivity index (χ3n) is 2.48. The fourth-order valence-corrected chi connectivity index (χ4v) is 1.54.